The van der Waals surface area contributed by atoms with Crippen molar-refractivity contribution >= 4 is 33.4 Å². The van der Waals surface area contributed by atoms with Crippen LogP contribution < -0.4 is 5.73 Å². The number of nitrogen functional groups attached to an aromatic ring is 1. The van der Waals surface area contributed by atoms with Crippen molar-refractivity contribution in [3.63, 3.8) is 0 Å². The lowest BCUT2D eigenvalue weighted by molar-refractivity contribution is 0.617. The van der Waals surface area contributed by atoms with Crippen LogP contribution >= 0.6 is 28.3 Å². The van der Waals surface area contributed by atoms with E-state index in [-0.39, 0.29) is 17.0 Å². The lowest BCUT2D eigenvalue weighted by Gasteiger charge is -2.21. The smallest absolute Gasteiger partial charge is 0.180 e. The van der Waals surface area contributed by atoms with E-state index >= 15 is 0 Å². The predicted octanol–water partition coefficient (Wildman–Crippen LogP) is 3.77. The molecular weight excluding hydrogens is 296 g/mol. The summed E-state index contributed by atoms with van der Waals surface area (Å²) in [5.74, 6) is 0.514. The zero-order valence-electron chi connectivity index (χ0n) is 9.43. The van der Waals surface area contributed by atoms with Gasteiger partial charge in [0.25, 0.3) is 0 Å². The Morgan fingerprint density at radius 2 is 2.00 bits per heavy atom. The zero-order chi connectivity index (χ0) is 11.0. The quantitative estimate of drug-likeness (QED) is 0.870. The first-order valence-corrected chi connectivity index (χ1v) is 6.46. The summed E-state index contributed by atoms with van der Waals surface area (Å²) in [7, 11) is 0. The van der Waals surface area contributed by atoms with Crippen LogP contribution in [0.4, 0.5) is 5.13 Å². The molecule has 0 saturated heterocycles. The third-order valence-corrected chi connectivity index (χ3v) is 4.21. The Morgan fingerprint density at radius 3 is 2.76 bits per heavy atom. The molecule has 0 amide bonds. The minimum Gasteiger partial charge on any atom is -0.375 e. The molecule has 0 aliphatic heterocycles. The van der Waals surface area contributed by atoms with Gasteiger partial charge in [0, 0.05) is 10.8 Å². The van der Waals surface area contributed by atoms with Crippen LogP contribution in [-0.4, -0.2) is 4.98 Å². The number of hydrogen-bond donors (Lipinski definition) is 1. The second kappa shape index (κ2) is 5.19. The van der Waals surface area contributed by atoms with Crippen molar-refractivity contribution in [2.75, 3.05) is 5.73 Å². The van der Waals surface area contributed by atoms with Gasteiger partial charge in [0.1, 0.15) is 0 Å². The number of thiazole rings is 1. The third kappa shape index (κ3) is 2.38. The summed E-state index contributed by atoms with van der Waals surface area (Å²) in [6.45, 7) is 0. The molecule has 1 atom stereocenters. The molecule has 2 N–H and O–H groups in total. The Kier molecular flexibility index (Phi) is 3.84. The highest BCUT2D eigenvalue weighted by Gasteiger charge is 2.25. The Hall–Kier alpha value is -0.870. The van der Waals surface area contributed by atoms with Gasteiger partial charge in [-0.05, 0) is 24.8 Å². The number of halogens is 1. The molecule has 0 fully saturated rings. The topological polar surface area (TPSA) is 38.9 Å². The predicted molar refractivity (Wildman–Crippen MR) is 78.1 cm³/mol. The molecule has 4 heteroatoms. The summed E-state index contributed by atoms with van der Waals surface area (Å²) < 4.78 is 0. The van der Waals surface area contributed by atoms with Crippen LogP contribution in [0.2, 0.25) is 0 Å². The van der Waals surface area contributed by atoms with Gasteiger partial charge in [0.2, 0.25) is 0 Å². The second-order valence-electron chi connectivity index (χ2n) is 4.22. The van der Waals surface area contributed by atoms with E-state index in [2.05, 4.69) is 35.3 Å². The van der Waals surface area contributed by atoms with E-state index < -0.39 is 0 Å². The standard InChI is InChI=1S/C13H14N2S.BrH/c14-13-15-11-8-4-7-10(12(11)16-13)9-5-2-1-3-6-9;/h1-3,5-6,10H,4,7-8H2,(H2,14,15);1H. The molecule has 1 aliphatic carbocycles. The van der Waals surface area contributed by atoms with Crippen LogP contribution in [0.1, 0.15) is 34.9 Å². The number of anilines is 1. The van der Waals surface area contributed by atoms with Gasteiger partial charge < -0.3 is 5.73 Å². The maximum atomic E-state index is 5.81. The minimum absolute atomic E-state index is 0. The lowest BCUT2D eigenvalue weighted by atomic mass is 9.86. The second-order valence-corrected chi connectivity index (χ2v) is 5.28. The number of nitrogens with two attached hydrogens (primary N) is 1. The van der Waals surface area contributed by atoms with Crippen LogP contribution in [0.5, 0.6) is 0 Å². The fraction of sp³-hybridized carbons (Fsp3) is 0.308. The van der Waals surface area contributed by atoms with E-state index in [1.807, 2.05) is 0 Å². The molecular formula is C13H15BrN2S. The maximum Gasteiger partial charge on any atom is 0.180 e. The first-order valence-electron chi connectivity index (χ1n) is 5.64. The highest BCUT2D eigenvalue weighted by atomic mass is 79.9. The van der Waals surface area contributed by atoms with Gasteiger partial charge in [-0.15, -0.1) is 28.3 Å². The molecule has 1 aromatic carbocycles. The average molecular weight is 311 g/mol. The van der Waals surface area contributed by atoms with E-state index in [4.69, 9.17) is 5.73 Å². The summed E-state index contributed by atoms with van der Waals surface area (Å²) >= 11 is 1.66. The van der Waals surface area contributed by atoms with E-state index in [9.17, 15) is 0 Å². The van der Waals surface area contributed by atoms with Crippen LogP contribution in [-0.2, 0) is 6.42 Å². The summed E-state index contributed by atoms with van der Waals surface area (Å²) in [6, 6.07) is 10.7. The number of hydrogen-bond acceptors (Lipinski definition) is 3. The minimum atomic E-state index is 0. The molecule has 2 nitrogen and oxygen atoms in total. The zero-order valence-corrected chi connectivity index (χ0v) is 12.0. The van der Waals surface area contributed by atoms with E-state index in [0.29, 0.717) is 11.0 Å². The molecule has 0 radical (unpaired) electrons. The average Bonchev–Trinajstić information content (AvgIpc) is 2.70. The van der Waals surface area contributed by atoms with Crippen molar-refractivity contribution in [1.82, 2.24) is 4.98 Å². The van der Waals surface area contributed by atoms with Crippen molar-refractivity contribution < 1.29 is 0 Å². The monoisotopic (exact) mass is 310 g/mol. The van der Waals surface area contributed by atoms with Crippen LogP contribution in [0.3, 0.4) is 0 Å². The molecule has 3 rings (SSSR count). The van der Waals surface area contributed by atoms with Gasteiger partial charge in [0.15, 0.2) is 5.13 Å². The molecule has 2 aromatic rings. The highest BCUT2D eigenvalue weighted by molar-refractivity contribution is 8.93. The van der Waals surface area contributed by atoms with Crippen LogP contribution in [0.25, 0.3) is 0 Å². The maximum absolute atomic E-state index is 5.81. The number of fused-ring (bicyclic) bond motifs is 1. The summed E-state index contributed by atoms with van der Waals surface area (Å²) in [5, 5.41) is 0.716. The van der Waals surface area contributed by atoms with Gasteiger partial charge in [-0.25, -0.2) is 4.98 Å². The molecule has 90 valence electrons. The van der Waals surface area contributed by atoms with Crippen molar-refractivity contribution in [1.29, 1.82) is 0 Å². The number of nitrogens with zero attached hydrogens (tertiary/aromatic N) is 1. The molecule has 1 aromatic heterocycles. The number of aryl methyl sites for hydroxylation is 1. The first kappa shape index (κ1) is 12.6. The highest BCUT2D eigenvalue weighted by Crippen LogP contribution is 2.40. The summed E-state index contributed by atoms with van der Waals surface area (Å²) in [6.07, 6.45) is 3.53. The van der Waals surface area contributed by atoms with Gasteiger partial charge >= 0.3 is 0 Å². The Bertz CT molecular complexity index is 495. The largest absolute Gasteiger partial charge is 0.375 e. The molecule has 1 aliphatic rings. The Balaban J connectivity index is 0.00000108. The van der Waals surface area contributed by atoms with Gasteiger partial charge in [-0.3, -0.25) is 0 Å². The normalized spacial score (nSPS) is 18.2. The third-order valence-electron chi connectivity index (χ3n) is 3.17. The van der Waals surface area contributed by atoms with Gasteiger partial charge in [0.05, 0.1) is 5.69 Å². The molecule has 0 bridgehead atoms. The number of rotatable bonds is 1. The summed E-state index contributed by atoms with van der Waals surface area (Å²) in [4.78, 5) is 5.81. The van der Waals surface area contributed by atoms with E-state index in [1.165, 1.54) is 29.0 Å². The SMILES string of the molecule is Br.Nc1nc2c(s1)C(c1ccccc1)CCC2. The molecule has 1 unspecified atom stereocenters. The van der Waals surface area contributed by atoms with Crippen LogP contribution in [0.15, 0.2) is 30.3 Å². The fourth-order valence-electron chi connectivity index (χ4n) is 2.44. The number of aromatic nitrogens is 1. The molecule has 0 spiro atoms. The van der Waals surface area contributed by atoms with Gasteiger partial charge in [-0.2, -0.15) is 0 Å². The number of benzene rings is 1. The lowest BCUT2D eigenvalue weighted by Crippen LogP contribution is -2.08. The Labute approximate surface area is 116 Å². The summed E-state index contributed by atoms with van der Waals surface area (Å²) in [5.41, 5.74) is 8.43. The van der Waals surface area contributed by atoms with Crippen LogP contribution in [0, 0.1) is 0 Å². The first-order chi connectivity index (χ1) is 7.84. The van der Waals surface area contributed by atoms with E-state index in [1.54, 1.807) is 11.3 Å². The van der Waals surface area contributed by atoms with Gasteiger partial charge in [-0.1, -0.05) is 30.3 Å². The van der Waals surface area contributed by atoms with Crippen molar-refractivity contribution in [2.45, 2.75) is 25.2 Å². The van der Waals surface area contributed by atoms with E-state index in [0.717, 1.165) is 6.42 Å². The molecule has 17 heavy (non-hydrogen) atoms. The molecule has 1 heterocycles. The fourth-order valence-corrected chi connectivity index (χ4v) is 3.48. The van der Waals surface area contributed by atoms with Crippen molar-refractivity contribution in [3.05, 3.63) is 46.5 Å². The van der Waals surface area contributed by atoms with Crippen molar-refractivity contribution in [2.24, 2.45) is 0 Å². The molecule has 0 saturated carbocycles. The van der Waals surface area contributed by atoms with Crippen molar-refractivity contribution in [3.8, 4) is 0 Å². The Morgan fingerprint density at radius 1 is 1.24 bits per heavy atom.